The predicted molar refractivity (Wildman–Crippen MR) is 112 cm³/mol. The molecule has 8 heteroatoms. The summed E-state index contributed by atoms with van der Waals surface area (Å²) in [4.78, 5) is 30.6. The Labute approximate surface area is 171 Å². The average Bonchev–Trinajstić information content (AvgIpc) is 3.21. The van der Waals surface area contributed by atoms with Crippen LogP contribution >= 0.6 is 11.3 Å². The summed E-state index contributed by atoms with van der Waals surface area (Å²) in [5.41, 5.74) is 2.41. The van der Waals surface area contributed by atoms with Gasteiger partial charge in [-0.1, -0.05) is 12.1 Å². The van der Waals surface area contributed by atoms with Gasteiger partial charge < -0.3 is 19.7 Å². The summed E-state index contributed by atoms with van der Waals surface area (Å²) in [6.07, 6.45) is 0.164. The Hall–Kier alpha value is -3.39. The molecule has 2 aromatic carbocycles. The molecular formula is C21H19N3O4S. The number of thiazole rings is 1. The lowest BCUT2D eigenvalue weighted by Gasteiger charge is -2.29. The van der Waals surface area contributed by atoms with Gasteiger partial charge in [-0.25, -0.2) is 4.98 Å². The molecule has 1 aromatic heterocycles. The molecule has 2 amide bonds. The van der Waals surface area contributed by atoms with Gasteiger partial charge in [0.15, 0.2) is 11.7 Å². The minimum absolute atomic E-state index is 0.0175. The van der Waals surface area contributed by atoms with Crippen LogP contribution in [0.4, 0.5) is 10.8 Å². The molecule has 2 heterocycles. The van der Waals surface area contributed by atoms with E-state index in [2.05, 4.69) is 10.3 Å². The number of methoxy groups -OCH3 is 1. The van der Waals surface area contributed by atoms with Crippen LogP contribution in [0, 0.1) is 0 Å². The second-order valence-electron chi connectivity index (χ2n) is 6.37. The van der Waals surface area contributed by atoms with Gasteiger partial charge in [0.05, 0.1) is 18.5 Å². The number of hydrogen-bond donors (Lipinski definition) is 1. The molecule has 1 aliphatic rings. The fourth-order valence-corrected chi connectivity index (χ4v) is 3.76. The number of ether oxygens (including phenoxy) is 2. The minimum atomic E-state index is -0.197. The Morgan fingerprint density at radius 1 is 1.24 bits per heavy atom. The highest BCUT2D eigenvalue weighted by atomic mass is 32.1. The van der Waals surface area contributed by atoms with Crippen LogP contribution in [-0.2, 0) is 9.59 Å². The third-order valence-corrected chi connectivity index (χ3v) is 5.26. The van der Waals surface area contributed by atoms with Crippen molar-refractivity contribution >= 4 is 34.0 Å². The average molecular weight is 409 g/mol. The van der Waals surface area contributed by atoms with Crippen LogP contribution in [0.1, 0.15) is 6.42 Å². The number of benzene rings is 2. The van der Waals surface area contributed by atoms with Gasteiger partial charge in [-0.05, 0) is 36.4 Å². The van der Waals surface area contributed by atoms with Gasteiger partial charge in [-0.15, -0.1) is 11.3 Å². The van der Waals surface area contributed by atoms with Crippen LogP contribution in [0.15, 0.2) is 53.9 Å². The van der Waals surface area contributed by atoms with Crippen LogP contribution in [0.3, 0.4) is 0 Å². The number of aromatic nitrogens is 1. The maximum absolute atomic E-state index is 12.4. The summed E-state index contributed by atoms with van der Waals surface area (Å²) in [7, 11) is 1.62. The first kappa shape index (κ1) is 18.9. The van der Waals surface area contributed by atoms with Crippen molar-refractivity contribution in [1.29, 1.82) is 0 Å². The van der Waals surface area contributed by atoms with E-state index in [1.807, 2.05) is 53.9 Å². The zero-order chi connectivity index (χ0) is 20.2. The third-order valence-electron chi connectivity index (χ3n) is 4.51. The zero-order valence-corrected chi connectivity index (χ0v) is 16.6. The number of para-hydroxylation sites is 2. The largest absolute Gasteiger partial charge is 0.497 e. The third kappa shape index (κ3) is 4.22. The minimum Gasteiger partial charge on any atom is -0.497 e. The van der Waals surface area contributed by atoms with E-state index in [-0.39, 0.29) is 31.4 Å². The molecule has 0 saturated carbocycles. The number of fused-ring (bicyclic) bond motifs is 1. The van der Waals surface area contributed by atoms with Crippen LogP contribution in [-0.4, -0.2) is 37.1 Å². The maximum atomic E-state index is 12.4. The van der Waals surface area contributed by atoms with Crippen molar-refractivity contribution in [2.75, 3.05) is 30.5 Å². The molecule has 0 bridgehead atoms. The highest BCUT2D eigenvalue weighted by molar-refractivity contribution is 7.14. The van der Waals surface area contributed by atoms with Crippen LogP contribution < -0.4 is 19.7 Å². The highest BCUT2D eigenvalue weighted by Gasteiger charge is 2.25. The quantitative estimate of drug-likeness (QED) is 0.673. The summed E-state index contributed by atoms with van der Waals surface area (Å²) < 4.78 is 10.6. The molecule has 29 heavy (non-hydrogen) atoms. The number of nitrogens with one attached hydrogen (secondary N) is 1. The van der Waals surface area contributed by atoms with E-state index < -0.39 is 0 Å². The fourth-order valence-electron chi connectivity index (χ4n) is 3.02. The number of rotatable bonds is 6. The Morgan fingerprint density at radius 3 is 2.83 bits per heavy atom. The lowest BCUT2D eigenvalue weighted by atomic mass is 10.2. The molecule has 7 nitrogen and oxygen atoms in total. The number of nitrogens with zero attached hydrogens (tertiary/aromatic N) is 2. The van der Waals surface area contributed by atoms with Gasteiger partial charge in [0, 0.05) is 23.9 Å². The molecule has 1 aliphatic heterocycles. The summed E-state index contributed by atoms with van der Waals surface area (Å²) in [6, 6.07) is 14.9. The van der Waals surface area contributed by atoms with Gasteiger partial charge in [-0.2, -0.15) is 0 Å². The normalized spacial score (nSPS) is 12.9. The SMILES string of the molecule is COc1ccc(-c2csc(NC(=O)CCN3C(=O)COc4ccccc43)n2)cc1. The first-order valence-corrected chi connectivity index (χ1v) is 9.94. The van der Waals surface area contributed by atoms with E-state index in [0.29, 0.717) is 16.6 Å². The number of anilines is 2. The Balaban J connectivity index is 1.37. The first-order chi connectivity index (χ1) is 14.1. The molecule has 148 valence electrons. The Bertz CT molecular complexity index is 1030. The number of hydrogen-bond acceptors (Lipinski definition) is 6. The van der Waals surface area contributed by atoms with Crippen molar-refractivity contribution < 1.29 is 19.1 Å². The van der Waals surface area contributed by atoms with Gasteiger partial charge >= 0.3 is 0 Å². The van der Waals surface area contributed by atoms with Crippen LogP contribution in [0.5, 0.6) is 11.5 Å². The molecule has 1 N–H and O–H groups in total. The summed E-state index contributed by atoms with van der Waals surface area (Å²) in [5.74, 6) is 1.07. The molecular weight excluding hydrogens is 390 g/mol. The van der Waals surface area contributed by atoms with Crippen molar-refractivity contribution in [3.63, 3.8) is 0 Å². The number of amides is 2. The molecule has 0 spiro atoms. The van der Waals surface area contributed by atoms with Gasteiger partial charge in [0.1, 0.15) is 11.5 Å². The lowest BCUT2D eigenvalue weighted by molar-refractivity contribution is -0.121. The predicted octanol–water partition coefficient (Wildman–Crippen LogP) is 3.57. The Kier molecular flexibility index (Phi) is 5.44. The van der Waals surface area contributed by atoms with Crippen molar-refractivity contribution in [3.05, 3.63) is 53.9 Å². The monoisotopic (exact) mass is 409 g/mol. The van der Waals surface area contributed by atoms with Crippen LogP contribution in [0.2, 0.25) is 0 Å². The topological polar surface area (TPSA) is 80.8 Å². The summed E-state index contributed by atoms with van der Waals surface area (Å²) in [5, 5.41) is 5.22. The van der Waals surface area contributed by atoms with E-state index >= 15 is 0 Å². The van der Waals surface area contributed by atoms with Gasteiger partial charge in [0.2, 0.25) is 5.91 Å². The van der Waals surface area contributed by atoms with E-state index in [9.17, 15) is 9.59 Å². The second kappa shape index (κ2) is 8.32. The van der Waals surface area contributed by atoms with E-state index in [1.54, 1.807) is 12.0 Å². The fraction of sp³-hybridized carbons (Fsp3) is 0.190. The highest BCUT2D eigenvalue weighted by Crippen LogP contribution is 2.31. The number of carbonyl (C=O) groups is 2. The number of carbonyl (C=O) groups excluding carboxylic acids is 2. The van der Waals surface area contributed by atoms with Crippen LogP contribution in [0.25, 0.3) is 11.3 Å². The molecule has 0 fully saturated rings. The lowest BCUT2D eigenvalue weighted by Crippen LogP contribution is -2.40. The van der Waals surface area contributed by atoms with Crippen molar-refractivity contribution in [1.82, 2.24) is 4.98 Å². The van der Waals surface area contributed by atoms with E-state index in [0.717, 1.165) is 17.0 Å². The molecule has 0 aliphatic carbocycles. The summed E-state index contributed by atoms with van der Waals surface area (Å²) in [6.45, 7) is 0.262. The molecule has 0 radical (unpaired) electrons. The smallest absolute Gasteiger partial charge is 0.265 e. The molecule has 0 unspecified atom stereocenters. The molecule has 3 aromatic rings. The Morgan fingerprint density at radius 2 is 2.03 bits per heavy atom. The molecule has 4 rings (SSSR count). The van der Waals surface area contributed by atoms with Gasteiger partial charge in [-0.3, -0.25) is 9.59 Å². The first-order valence-electron chi connectivity index (χ1n) is 9.06. The van der Waals surface area contributed by atoms with Crippen molar-refractivity contribution in [2.24, 2.45) is 0 Å². The van der Waals surface area contributed by atoms with Crippen molar-refractivity contribution in [2.45, 2.75) is 6.42 Å². The van der Waals surface area contributed by atoms with E-state index in [1.165, 1.54) is 11.3 Å². The summed E-state index contributed by atoms with van der Waals surface area (Å²) >= 11 is 1.36. The maximum Gasteiger partial charge on any atom is 0.265 e. The second-order valence-corrected chi connectivity index (χ2v) is 7.22. The van der Waals surface area contributed by atoms with E-state index in [4.69, 9.17) is 9.47 Å². The molecule has 0 atom stereocenters. The van der Waals surface area contributed by atoms with Crippen molar-refractivity contribution in [3.8, 4) is 22.8 Å². The standard InChI is InChI=1S/C21H19N3O4S/c1-27-15-8-6-14(7-9-15)16-13-29-21(22-16)23-19(25)10-11-24-17-4-2-3-5-18(17)28-12-20(24)26/h2-9,13H,10-12H2,1H3,(H,22,23,25). The van der Waals surface area contributed by atoms with Gasteiger partial charge in [0.25, 0.3) is 5.91 Å². The zero-order valence-electron chi connectivity index (χ0n) is 15.8. The molecule has 0 saturated heterocycles.